The zero-order valence-corrected chi connectivity index (χ0v) is 16.7. The molecule has 0 unspecified atom stereocenters. The molecule has 1 aromatic heterocycles. The van der Waals surface area contributed by atoms with Crippen LogP contribution < -0.4 is 10.6 Å². The van der Waals surface area contributed by atoms with Crippen molar-refractivity contribution in [3.8, 4) is 0 Å². The summed E-state index contributed by atoms with van der Waals surface area (Å²) < 4.78 is 5.20. The van der Waals surface area contributed by atoms with Crippen molar-refractivity contribution in [3.05, 3.63) is 52.4 Å². The van der Waals surface area contributed by atoms with Gasteiger partial charge >= 0.3 is 0 Å². The van der Waals surface area contributed by atoms with Gasteiger partial charge in [0, 0.05) is 25.7 Å². The molecule has 5 heteroatoms. The maximum absolute atomic E-state index is 5.20. The van der Waals surface area contributed by atoms with Crippen LogP contribution in [0.15, 0.2) is 33.8 Å². The first-order chi connectivity index (χ1) is 12.5. The molecule has 0 saturated carbocycles. The third kappa shape index (κ3) is 5.90. The Morgan fingerprint density at radius 3 is 2.35 bits per heavy atom. The summed E-state index contributed by atoms with van der Waals surface area (Å²) in [7, 11) is 1.80. The molecule has 2 N–H and O–H groups in total. The van der Waals surface area contributed by atoms with E-state index in [0.717, 1.165) is 49.8 Å². The highest BCUT2D eigenvalue weighted by Crippen LogP contribution is 2.15. The fraction of sp³-hybridized carbons (Fsp3) is 0.524. The Morgan fingerprint density at radius 2 is 1.77 bits per heavy atom. The van der Waals surface area contributed by atoms with Crippen molar-refractivity contribution in [3.63, 3.8) is 0 Å². The van der Waals surface area contributed by atoms with Gasteiger partial charge in [-0.2, -0.15) is 0 Å². The lowest BCUT2D eigenvalue weighted by Gasteiger charge is -2.12. The summed E-state index contributed by atoms with van der Waals surface area (Å²) in [6.07, 6.45) is 3.02. The number of nitrogens with zero attached hydrogens (tertiary/aromatic N) is 2. The minimum atomic E-state index is 0.588. The van der Waals surface area contributed by atoms with Crippen LogP contribution in [0, 0.1) is 13.8 Å². The molecule has 1 heterocycles. The molecule has 0 saturated heterocycles. The van der Waals surface area contributed by atoms with Crippen LogP contribution in [0.5, 0.6) is 0 Å². The Bertz CT molecular complexity index is 682. The molecule has 0 amide bonds. The quantitative estimate of drug-likeness (QED) is 0.429. The minimum Gasteiger partial charge on any atom is -0.361 e. The van der Waals surface area contributed by atoms with E-state index in [9.17, 15) is 0 Å². The summed E-state index contributed by atoms with van der Waals surface area (Å²) in [5, 5.41) is 10.7. The van der Waals surface area contributed by atoms with Crippen LogP contribution in [-0.2, 0) is 12.8 Å². The Labute approximate surface area is 157 Å². The largest absolute Gasteiger partial charge is 0.361 e. The van der Waals surface area contributed by atoms with Gasteiger partial charge in [0.15, 0.2) is 5.96 Å². The predicted molar refractivity (Wildman–Crippen MR) is 108 cm³/mol. The summed E-state index contributed by atoms with van der Waals surface area (Å²) in [5.74, 6) is 2.33. The van der Waals surface area contributed by atoms with E-state index < -0.39 is 0 Å². The summed E-state index contributed by atoms with van der Waals surface area (Å²) in [4.78, 5) is 4.28. The van der Waals surface area contributed by atoms with E-state index in [1.807, 2.05) is 13.8 Å². The monoisotopic (exact) mass is 356 g/mol. The highest BCUT2D eigenvalue weighted by molar-refractivity contribution is 5.79. The lowest BCUT2D eigenvalue weighted by molar-refractivity contribution is 0.392. The van der Waals surface area contributed by atoms with E-state index in [1.165, 1.54) is 16.7 Å². The number of hydrogen-bond donors (Lipinski definition) is 2. The molecule has 26 heavy (non-hydrogen) atoms. The van der Waals surface area contributed by atoms with Gasteiger partial charge in [-0.05, 0) is 50.2 Å². The molecule has 0 atom stereocenters. The number of hydrogen-bond acceptors (Lipinski definition) is 3. The first-order valence-electron chi connectivity index (χ1n) is 9.46. The van der Waals surface area contributed by atoms with Crippen molar-refractivity contribution in [1.82, 2.24) is 15.8 Å². The number of guanidine groups is 1. The van der Waals surface area contributed by atoms with Gasteiger partial charge in [0.25, 0.3) is 0 Å². The SMILES string of the molecule is CN=C(NCCCc1ccc(C(C)C)cc1)NCCc1c(C)noc1C. The summed E-state index contributed by atoms with van der Waals surface area (Å²) >= 11 is 0. The number of aliphatic imine (C=N–C) groups is 1. The smallest absolute Gasteiger partial charge is 0.190 e. The van der Waals surface area contributed by atoms with Gasteiger partial charge in [0.05, 0.1) is 5.69 Å². The van der Waals surface area contributed by atoms with Gasteiger partial charge in [0.2, 0.25) is 0 Å². The molecule has 142 valence electrons. The van der Waals surface area contributed by atoms with Gasteiger partial charge in [-0.15, -0.1) is 0 Å². The van der Waals surface area contributed by atoms with E-state index in [4.69, 9.17) is 4.52 Å². The zero-order valence-electron chi connectivity index (χ0n) is 16.7. The molecule has 0 aliphatic carbocycles. The molecule has 0 aliphatic rings. The van der Waals surface area contributed by atoms with Crippen LogP contribution in [0.25, 0.3) is 0 Å². The van der Waals surface area contributed by atoms with E-state index in [2.05, 4.69) is 58.9 Å². The average molecular weight is 357 g/mol. The molecule has 2 rings (SSSR count). The Hall–Kier alpha value is -2.30. The highest BCUT2D eigenvalue weighted by atomic mass is 16.5. The molecule has 0 bridgehead atoms. The lowest BCUT2D eigenvalue weighted by Crippen LogP contribution is -2.38. The van der Waals surface area contributed by atoms with Crippen molar-refractivity contribution in [1.29, 1.82) is 0 Å². The fourth-order valence-corrected chi connectivity index (χ4v) is 2.95. The Balaban J connectivity index is 1.67. The van der Waals surface area contributed by atoms with Crippen LogP contribution in [0.2, 0.25) is 0 Å². The molecular weight excluding hydrogens is 324 g/mol. The molecule has 0 aliphatic heterocycles. The van der Waals surface area contributed by atoms with Crippen molar-refractivity contribution in [2.45, 2.75) is 52.9 Å². The normalized spacial score (nSPS) is 11.8. The van der Waals surface area contributed by atoms with Crippen molar-refractivity contribution in [2.75, 3.05) is 20.1 Å². The molecule has 1 aromatic carbocycles. The van der Waals surface area contributed by atoms with Crippen LogP contribution in [0.4, 0.5) is 0 Å². The topological polar surface area (TPSA) is 62.5 Å². The van der Waals surface area contributed by atoms with Crippen molar-refractivity contribution in [2.24, 2.45) is 4.99 Å². The van der Waals surface area contributed by atoms with Gasteiger partial charge < -0.3 is 15.2 Å². The van der Waals surface area contributed by atoms with Crippen molar-refractivity contribution >= 4 is 5.96 Å². The molecule has 0 radical (unpaired) electrons. The number of benzene rings is 1. The zero-order chi connectivity index (χ0) is 18.9. The predicted octanol–water partition coefficient (Wildman–Crippen LogP) is 3.76. The number of aryl methyl sites for hydroxylation is 3. The maximum atomic E-state index is 5.20. The van der Waals surface area contributed by atoms with E-state index in [-0.39, 0.29) is 0 Å². The van der Waals surface area contributed by atoms with Crippen LogP contribution in [0.1, 0.15) is 54.3 Å². The Morgan fingerprint density at radius 1 is 1.08 bits per heavy atom. The van der Waals surface area contributed by atoms with Gasteiger partial charge in [0.1, 0.15) is 5.76 Å². The van der Waals surface area contributed by atoms with Crippen LogP contribution >= 0.6 is 0 Å². The Kier molecular flexibility index (Phi) is 7.70. The highest BCUT2D eigenvalue weighted by Gasteiger charge is 2.08. The average Bonchev–Trinajstić information content (AvgIpc) is 2.95. The van der Waals surface area contributed by atoms with Gasteiger partial charge in [-0.1, -0.05) is 43.3 Å². The second-order valence-corrected chi connectivity index (χ2v) is 6.98. The second-order valence-electron chi connectivity index (χ2n) is 6.98. The number of rotatable bonds is 8. The standard InChI is InChI=1S/C21H32N4O/c1-15(2)19-10-8-18(9-11-19)7-6-13-23-21(22-5)24-14-12-20-16(3)25-26-17(20)4/h8-11,15H,6-7,12-14H2,1-5H3,(H2,22,23,24). The summed E-state index contributed by atoms with van der Waals surface area (Å²) in [6.45, 7) is 10.1. The molecule has 0 fully saturated rings. The third-order valence-electron chi connectivity index (χ3n) is 4.65. The van der Waals surface area contributed by atoms with Crippen LogP contribution in [-0.4, -0.2) is 31.3 Å². The molecule has 2 aromatic rings. The van der Waals surface area contributed by atoms with E-state index in [0.29, 0.717) is 5.92 Å². The number of aromatic nitrogens is 1. The second kappa shape index (κ2) is 10.00. The number of nitrogens with one attached hydrogen (secondary N) is 2. The lowest BCUT2D eigenvalue weighted by atomic mass is 10.0. The summed E-state index contributed by atoms with van der Waals surface area (Å²) in [5.41, 5.74) is 4.93. The first kappa shape index (κ1) is 20.0. The molecular formula is C21H32N4O. The fourth-order valence-electron chi connectivity index (χ4n) is 2.95. The molecule has 5 nitrogen and oxygen atoms in total. The minimum absolute atomic E-state index is 0.588. The maximum Gasteiger partial charge on any atom is 0.190 e. The van der Waals surface area contributed by atoms with Gasteiger partial charge in [-0.3, -0.25) is 4.99 Å². The van der Waals surface area contributed by atoms with E-state index in [1.54, 1.807) is 7.05 Å². The van der Waals surface area contributed by atoms with Crippen LogP contribution in [0.3, 0.4) is 0 Å². The molecule has 0 spiro atoms. The van der Waals surface area contributed by atoms with E-state index >= 15 is 0 Å². The third-order valence-corrected chi connectivity index (χ3v) is 4.65. The van der Waals surface area contributed by atoms with Gasteiger partial charge in [-0.25, -0.2) is 0 Å². The first-order valence-corrected chi connectivity index (χ1v) is 9.46. The van der Waals surface area contributed by atoms with Crippen molar-refractivity contribution < 1.29 is 4.52 Å². The summed E-state index contributed by atoms with van der Waals surface area (Å²) in [6, 6.07) is 8.96.